The third kappa shape index (κ3) is 5.50. The van der Waals surface area contributed by atoms with Crippen molar-refractivity contribution in [3.63, 3.8) is 0 Å². The molecule has 122 valence electrons. The summed E-state index contributed by atoms with van der Waals surface area (Å²) in [6, 6.07) is 9.05. The zero-order chi connectivity index (χ0) is 16.7. The molecule has 0 saturated heterocycles. The van der Waals surface area contributed by atoms with E-state index in [2.05, 4.69) is 21.5 Å². The minimum atomic E-state index is -0.365. The lowest BCUT2D eigenvalue weighted by Crippen LogP contribution is -2.34. The van der Waals surface area contributed by atoms with Gasteiger partial charge in [-0.05, 0) is 47.1 Å². The van der Waals surface area contributed by atoms with Crippen LogP contribution in [0.15, 0.2) is 41.1 Å². The van der Waals surface area contributed by atoms with Crippen LogP contribution in [0.4, 0.5) is 0 Å². The maximum absolute atomic E-state index is 12.0. The van der Waals surface area contributed by atoms with Crippen molar-refractivity contribution in [2.75, 3.05) is 20.7 Å². The number of hydrogen-bond acceptors (Lipinski definition) is 5. The highest BCUT2D eigenvalue weighted by atomic mass is 32.1. The SMILES string of the molecule is COC(=O)c1ccc(CNC(=O)CN(C)Cc2ccsc2)cc1. The summed E-state index contributed by atoms with van der Waals surface area (Å²) in [5, 5.41) is 6.99. The van der Waals surface area contributed by atoms with E-state index in [0.717, 1.165) is 12.1 Å². The van der Waals surface area contributed by atoms with Crippen LogP contribution < -0.4 is 5.32 Å². The Morgan fingerprint density at radius 1 is 1.17 bits per heavy atom. The highest BCUT2D eigenvalue weighted by Crippen LogP contribution is 2.08. The van der Waals surface area contributed by atoms with Gasteiger partial charge in [-0.25, -0.2) is 4.79 Å². The first-order chi connectivity index (χ1) is 11.1. The van der Waals surface area contributed by atoms with Gasteiger partial charge in [-0.3, -0.25) is 9.69 Å². The van der Waals surface area contributed by atoms with Gasteiger partial charge in [0, 0.05) is 13.1 Å². The predicted octanol–water partition coefficient (Wildman–Crippen LogP) is 2.28. The van der Waals surface area contributed by atoms with Crippen molar-refractivity contribution < 1.29 is 14.3 Å². The summed E-state index contributed by atoms with van der Waals surface area (Å²) in [5.74, 6) is -0.393. The highest BCUT2D eigenvalue weighted by molar-refractivity contribution is 7.07. The van der Waals surface area contributed by atoms with E-state index in [-0.39, 0.29) is 11.9 Å². The first kappa shape index (κ1) is 17.2. The van der Waals surface area contributed by atoms with Gasteiger partial charge in [-0.2, -0.15) is 11.3 Å². The van der Waals surface area contributed by atoms with Crippen LogP contribution in [0.5, 0.6) is 0 Å². The van der Waals surface area contributed by atoms with Crippen molar-refractivity contribution in [2.45, 2.75) is 13.1 Å². The van der Waals surface area contributed by atoms with Gasteiger partial charge >= 0.3 is 5.97 Å². The Kier molecular flexibility index (Phi) is 6.31. The Bertz CT molecular complexity index is 638. The van der Waals surface area contributed by atoms with E-state index < -0.39 is 0 Å². The molecule has 5 nitrogen and oxygen atoms in total. The second-order valence-corrected chi connectivity index (χ2v) is 6.05. The smallest absolute Gasteiger partial charge is 0.337 e. The molecule has 1 heterocycles. The molecule has 1 amide bonds. The number of benzene rings is 1. The van der Waals surface area contributed by atoms with Crippen LogP contribution in [0.25, 0.3) is 0 Å². The van der Waals surface area contributed by atoms with Crippen LogP contribution >= 0.6 is 11.3 Å². The largest absolute Gasteiger partial charge is 0.465 e. The van der Waals surface area contributed by atoms with E-state index >= 15 is 0 Å². The molecule has 0 radical (unpaired) electrons. The van der Waals surface area contributed by atoms with Gasteiger partial charge in [-0.1, -0.05) is 12.1 Å². The third-order valence-electron chi connectivity index (χ3n) is 3.31. The molecule has 0 aliphatic heterocycles. The molecular formula is C17H20N2O3S. The van der Waals surface area contributed by atoms with Gasteiger partial charge in [-0.15, -0.1) is 0 Å². The van der Waals surface area contributed by atoms with Gasteiger partial charge in [0.1, 0.15) is 0 Å². The Morgan fingerprint density at radius 2 is 1.91 bits per heavy atom. The van der Waals surface area contributed by atoms with Crippen molar-refractivity contribution in [3.8, 4) is 0 Å². The van der Waals surface area contributed by atoms with Crippen LogP contribution in [-0.4, -0.2) is 37.5 Å². The van der Waals surface area contributed by atoms with E-state index in [1.54, 1.807) is 23.5 Å². The van der Waals surface area contributed by atoms with Crippen molar-refractivity contribution >= 4 is 23.2 Å². The normalized spacial score (nSPS) is 10.6. The van der Waals surface area contributed by atoms with E-state index in [1.165, 1.54) is 12.7 Å². The number of carbonyl (C=O) groups is 2. The summed E-state index contributed by atoms with van der Waals surface area (Å²) in [4.78, 5) is 25.3. The van der Waals surface area contributed by atoms with Crippen LogP contribution in [0.1, 0.15) is 21.5 Å². The number of ether oxygens (including phenoxy) is 1. The summed E-state index contributed by atoms with van der Waals surface area (Å²) in [5.41, 5.74) is 2.65. The number of rotatable bonds is 7. The number of amides is 1. The number of likely N-dealkylation sites (N-methyl/N-ethyl adjacent to an activating group) is 1. The summed E-state index contributed by atoms with van der Waals surface area (Å²) < 4.78 is 4.65. The maximum atomic E-state index is 12.0. The van der Waals surface area contributed by atoms with Crippen LogP contribution in [0.2, 0.25) is 0 Å². The van der Waals surface area contributed by atoms with Gasteiger partial charge in [0.25, 0.3) is 0 Å². The first-order valence-corrected chi connectivity index (χ1v) is 8.16. The lowest BCUT2D eigenvalue weighted by atomic mass is 10.1. The van der Waals surface area contributed by atoms with Gasteiger partial charge in [0.05, 0.1) is 19.2 Å². The molecule has 0 fully saturated rings. The van der Waals surface area contributed by atoms with Crippen LogP contribution in [0, 0.1) is 0 Å². The number of nitrogens with one attached hydrogen (secondary N) is 1. The average Bonchev–Trinajstić information content (AvgIpc) is 3.05. The summed E-state index contributed by atoms with van der Waals surface area (Å²) >= 11 is 1.65. The number of nitrogens with zero attached hydrogens (tertiary/aromatic N) is 1. The number of esters is 1. The molecule has 2 rings (SSSR count). The van der Waals surface area contributed by atoms with Gasteiger partial charge < -0.3 is 10.1 Å². The quantitative estimate of drug-likeness (QED) is 0.790. The Balaban J connectivity index is 1.76. The Labute approximate surface area is 139 Å². The van der Waals surface area contributed by atoms with E-state index in [9.17, 15) is 9.59 Å². The number of thiophene rings is 1. The molecule has 0 saturated carbocycles. The fourth-order valence-electron chi connectivity index (χ4n) is 2.13. The minimum Gasteiger partial charge on any atom is -0.465 e. The fraction of sp³-hybridized carbons (Fsp3) is 0.294. The van der Waals surface area contributed by atoms with E-state index in [1.807, 2.05) is 29.5 Å². The summed E-state index contributed by atoms with van der Waals surface area (Å²) in [6.07, 6.45) is 0. The molecule has 0 atom stereocenters. The average molecular weight is 332 g/mol. The molecule has 0 unspecified atom stereocenters. The fourth-order valence-corrected chi connectivity index (χ4v) is 2.79. The molecule has 1 N–H and O–H groups in total. The van der Waals surface area contributed by atoms with Crippen LogP contribution in [-0.2, 0) is 22.6 Å². The second kappa shape index (κ2) is 8.45. The molecule has 6 heteroatoms. The first-order valence-electron chi connectivity index (χ1n) is 7.22. The van der Waals surface area contributed by atoms with Crippen molar-refractivity contribution in [1.82, 2.24) is 10.2 Å². The topological polar surface area (TPSA) is 58.6 Å². The standard InChI is InChI=1S/C17H20N2O3S/c1-19(10-14-7-8-23-12-14)11-16(20)18-9-13-3-5-15(6-4-13)17(21)22-2/h3-8,12H,9-11H2,1-2H3,(H,18,20). The molecule has 0 aliphatic rings. The van der Waals surface area contributed by atoms with Gasteiger partial charge in [0.2, 0.25) is 5.91 Å². The van der Waals surface area contributed by atoms with Gasteiger partial charge in [0.15, 0.2) is 0 Å². The van der Waals surface area contributed by atoms with Crippen molar-refractivity contribution in [3.05, 3.63) is 57.8 Å². The summed E-state index contributed by atoms with van der Waals surface area (Å²) in [7, 11) is 3.27. The Morgan fingerprint density at radius 3 is 2.52 bits per heavy atom. The van der Waals surface area contributed by atoms with Crippen LogP contribution in [0.3, 0.4) is 0 Å². The molecule has 2 aromatic rings. The lowest BCUT2D eigenvalue weighted by molar-refractivity contribution is -0.122. The monoisotopic (exact) mass is 332 g/mol. The number of hydrogen-bond donors (Lipinski definition) is 1. The molecule has 1 aromatic carbocycles. The van der Waals surface area contributed by atoms with Crippen molar-refractivity contribution in [1.29, 1.82) is 0 Å². The molecule has 1 aromatic heterocycles. The zero-order valence-corrected chi connectivity index (χ0v) is 14.1. The molecule has 0 aliphatic carbocycles. The minimum absolute atomic E-state index is 0.0280. The predicted molar refractivity (Wildman–Crippen MR) is 90.3 cm³/mol. The zero-order valence-electron chi connectivity index (χ0n) is 13.2. The third-order valence-corrected chi connectivity index (χ3v) is 4.04. The maximum Gasteiger partial charge on any atom is 0.337 e. The molecular weight excluding hydrogens is 312 g/mol. The van der Waals surface area contributed by atoms with E-state index in [4.69, 9.17) is 0 Å². The van der Waals surface area contributed by atoms with E-state index in [0.29, 0.717) is 18.7 Å². The number of carbonyl (C=O) groups excluding carboxylic acids is 2. The summed E-state index contributed by atoms with van der Waals surface area (Å²) in [6.45, 7) is 1.54. The second-order valence-electron chi connectivity index (χ2n) is 5.27. The highest BCUT2D eigenvalue weighted by Gasteiger charge is 2.08. The molecule has 0 spiro atoms. The number of methoxy groups -OCH3 is 1. The molecule has 23 heavy (non-hydrogen) atoms. The Hall–Kier alpha value is -2.18. The van der Waals surface area contributed by atoms with Crippen molar-refractivity contribution in [2.24, 2.45) is 0 Å². The molecule has 0 bridgehead atoms. The lowest BCUT2D eigenvalue weighted by Gasteiger charge is -2.15.